The lowest BCUT2D eigenvalue weighted by Gasteiger charge is -2.23. The van der Waals surface area contributed by atoms with Gasteiger partial charge in [-0.1, -0.05) is 24.3 Å². The van der Waals surface area contributed by atoms with Crippen molar-refractivity contribution in [3.63, 3.8) is 0 Å². The first-order chi connectivity index (χ1) is 12.2. The Labute approximate surface area is 146 Å². The summed E-state index contributed by atoms with van der Waals surface area (Å²) in [6.45, 7) is 3.44. The molecule has 1 aliphatic rings. The molecule has 1 aromatic heterocycles. The zero-order chi connectivity index (χ0) is 17.2. The first-order valence-corrected chi connectivity index (χ1v) is 8.59. The lowest BCUT2D eigenvalue weighted by molar-refractivity contribution is 0.00746. The number of ether oxygens (including phenoxy) is 2. The van der Waals surface area contributed by atoms with E-state index >= 15 is 0 Å². The summed E-state index contributed by atoms with van der Waals surface area (Å²) in [4.78, 5) is 12.1. The van der Waals surface area contributed by atoms with Crippen LogP contribution in [0.1, 0.15) is 18.4 Å². The highest BCUT2D eigenvalue weighted by Crippen LogP contribution is 2.32. The Morgan fingerprint density at radius 1 is 1.08 bits per heavy atom. The van der Waals surface area contributed by atoms with Crippen molar-refractivity contribution >= 4 is 11.0 Å². The fraction of sp³-hybridized carbons (Fsp3) is 0.286. The van der Waals surface area contributed by atoms with Crippen LogP contribution < -0.4 is 10.4 Å². The van der Waals surface area contributed by atoms with Gasteiger partial charge >= 0.3 is 5.63 Å². The third kappa shape index (κ3) is 3.30. The Morgan fingerprint density at radius 3 is 2.76 bits per heavy atom. The monoisotopic (exact) mass is 336 g/mol. The number of aryl methyl sites for hydroxylation is 1. The van der Waals surface area contributed by atoms with Crippen molar-refractivity contribution in [1.82, 2.24) is 0 Å². The number of rotatable bonds is 3. The molecule has 4 rings (SSSR count). The molecule has 0 N–H and O–H groups in total. The van der Waals surface area contributed by atoms with Gasteiger partial charge in [0.05, 0.1) is 6.61 Å². The third-order valence-corrected chi connectivity index (χ3v) is 4.57. The number of benzene rings is 2. The topological polar surface area (TPSA) is 48.7 Å². The van der Waals surface area contributed by atoms with E-state index in [2.05, 4.69) is 0 Å². The van der Waals surface area contributed by atoms with Crippen LogP contribution in [-0.2, 0) is 4.74 Å². The molecule has 128 valence electrons. The highest BCUT2D eigenvalue weighted by atomic mass is 16.5. The Kier molecular flexibility index (Phi) is 4.28. The van der Waals surface area contributed by atoms with Crippen LogP contribution in [0.4, 0.5) is 0 Å². The average molecular weight is 336 g/mol. The highest BCUT2D eigenvalue weighted by molar-refractivity contribution is 5.94. The first kappa shape index (κ1) is 15.9. The average Bonchev–Trinajstić information content (AvgIpc) is 2.62. The minimum absolute atomic E-state index is 0.0532. The van der Waals surface area contributed by atoms with Crippen molar-refractivity contribution in [3.8, 4) is 16.9 Å². The summed E-state index contributed by atoms with van der Waals surface area (Å²) in [5, 5.41) is 0.904. The largest absolute Gasteiger partial charge is 0.488 e. The number of hydrogen-bond acceptors (Lipinski definition) is 4. The van der Waals surface area contributed by atoms with Gasteiger partial charge in [0.2, 0.25) is 0 Å². The van der Waals surface area contributed by atoms with Gasteiger partial charge in [-0.3, -0.25) is 0 Å². The summed E-state index contributed by atoms with van der Waals surface area (Å²) in [5.41, 5.74) is 3.23. The molecule has 2 aromatic carbocycles. The second kappa shape index (κ2) is 6.73. The molecule has 1 atom stereocenters. The minimum atomic E-state index is -0.357. The van der Waals surface area contributed by atoms with Gasteiger partial charge in [0.15, 0.2) is 0 Å². The molecule has 0 spiro atoms. The van der Waals surface area contributed by atoms with Crippen LogP contribution in [0, 0.1) is 6.92 Å². The molecule has 0 aliphatic carbocycles. The van der Waals surface area contributed by atoms with Gasteiger partial charge in [0.1, 0.15) is 17.4 Å². The van der Waals surface area contributed by atoms with Crippen LogP contribution in [0.5, 0.6) is 5.75 Å². The van der Waals surface area contributed by atoms with Crippen LogP contribution >= 0.6 is 0 Å². The van der Waals surface area contributed by atoms with Crippen molar-refractivity contribution in [2.24, 2.45) is 0 Å². The predicted octanol–water partition coefficient (Wildman–Crippen LogP) is 4.33. The van der Waals surface area contributed by atoms with Crippen LogP contribution in [0.25, 0.3) is 22.1 Å². The molecule has 0 unspecified atom stereocenters. The third-order valence-electron chi connectivity index (χ3n) is 4.57. The van der Waals surface area contributed by atoms with Gasteiger partial charge in [-0.25, -0.2) is 4.79 Å². The molecule has 0 radical (unpaired) electrons. The van der Waals surface area contributed by atoms with Crippen LogP contribution in [0.3, 0.4) is 0 Å². The first-order valence-electron chi connectivity index (χ1n) is 8.59. The molecule has 25 heavy (non-hydrogen) atoms. The summed E-state index contributed by atoms with van der Waals surface area (Å²) in [6, 6.07) is 15.3. The normalized spacial score (nSPS) is 17.6. The zero-order valence-corrected chi connectivity index (χ0v) is 14.2. The second-order valence-electron chi connectivity index (χ2n) is 6.41. The maximum absolute atomic E-state index is 12.1. The Morgan fingerprint density at radius 2 is 1.96 bits per heavy atom. The SMILES string of the molecule is Cc1ccccc1-c1cc(=O)oc2cc(O[C@H]3CCCOC3)ccc12. The summed E-state index contributed by atoms with van der Waals surface area (Å²) < 4.78 is 16.9. The van der Waals surface area contributed by atoms with Crippen LogP contribution in [-0.4, -0.2) is 19.3 Å². The summed E-state index contributed by atoms with van der Waals surface area (Å²) in [5.74, 6) is 0.702. The molecular weight excluding hydrogens is 316 g/mol. The molecule has 1 saturated heterocycles. The maximum atomic E-state index is 12.1. The van der Waals surface area contributed by atoms with Crippen molar-refractivity contribution in [2.75, 3.05) is 13.2 Å². The molecule has 3 aromatic rings. The Hall–Kier alpha value is -2.59. The molecule has 4 nitrogen and oxygen atoms in total. The van der Waals surface area contributed by atoms with E-state index in [9.17, 15) is 4.79 Å². The fourth-order valence-electron chi connectivity index (χ4n) is 3.31. The lowest BCUT2D eigenvalue weighted by atomic mass is 9.98. The molecule has 0 saturated carbocycles. The molecule has 0 bridgehead atoms. The highest BCUT2D eigenvalue weighted by Gasteiger charge is 2.16. The van der Waals surface area contributed by atoms with Gasteiger partial charge in [-0.15, -0.1) is 0 Å². The van der Waals surface area contributed by atoms with E-state index in [0.717, 1.165) is 41.5 Å². The Bertz CT molecular complexity index is 952. The van der Waals surface area contributed by atoms with E-state index in [1.165, 1.54) is 0 Å². The van der Waals surface area contributed by atoms with Crippen molar-refractivity contribution in [2.45, 2.75) is 25.9 Å². The Balaban J connectivity index is 1.76. The number of fused-ring (bicyclic) bond motifs is 1. The fourth-order valence-corrected chi connectivity index (χ4v) is 3.31. The number of hydrogen-bond donors (Lipinski definition) is 0. The zero-order valence-electron chi connectivity index (χ0n) is 14.2. The molecule has 1 fully saturated rings. The van der Waals surface area contributed by atoms with E-state index in [1.54, 1.807) is 12.1 Å². The van der Waals surface area contributed by atoms with E-state index in [0.29, 0.717) is 17.9 Å². The van der Waals surface area contributed by atoms with Crippen LogP contribution in [0.2, 0.25) is 0 Å². The lowest BCUT2D eigenvalue weighted by Crippen LogP contribution is -2.27. The maximum Gasteiger partial charge on any atom is 0.336 e. The molecule has 2 heterocycles. The second-order valence-corrected chi connectivity index (χ2v) is 6.41. The van der Waals surface area contributed by atoms with Gasteiger partial charge in [0, 0.05) is 29.7 Å². The molecule has 0 amide bonds. The smallest absolute Gasteiger partial charge is 0.336 e. The van der Waals surface area contributed by atoms with E-state index in [1.807, 2.05) is 43.3 Å². The predicted molar refractivity (Wildman–Crippen MR) is 97.1 cm³/mol. The van der Waals surface area contributed by atoms with Crippen molar-refractivity contribution in [1.29, 1.82) is 0 Å². The quantitative estimate of drug-likeness (QED) is 0.668. The van der Waals surface area contributed by atoms with Crippen molar-refractivity contribution < 1.29 is 13.9 Å². The summed E-state index contributed by atoms with van der Waals surface area (Å²) >= 11 is 0. The molecule has 1 aliphatic heterocycles. The summed E-state index contributed by atoms with van der Waals surface area (Å²) in [7, 11) is 0. The minimum Gasteiger partial charge on any atom is -0.488 e. The van der Waals surface area contributed by atoms with Gasteiger partial charge in [-0.05, 0) is 43.0 Å². The molecule has 4 heteroatoms. The van der Waals surface area contributed by atoms with Crippen LogP contribution in [0.15, 0.2) is 57.7 Å². The van der Waals surface area contributed by atoms with E-state index in [4.69, 9.17) is 13.9 Å². The molecular formula is C21H20O4. The van der Waals surface area contributed by atoms with E-state index in [-0.39, 0.29) is 11.7 Å². The van der Waals surface area contributed by atoms with E-state index < -0.39 is 0 Å². The standard InChI is InChI=1S/C21H20O4/c1-14-5-2-3-7-17(14)19-12-21(22)25-20-11-15(8-9-18(19)20)24-16-6-4-10-23-13-16/h2-3,5,7-9,11-12,16H,4,6,10,13H2,1H3/t16-/m0/s1. The summed E-state index contributed by atoms with van der Waals surface area (Å²) in [6.07, 6.45) is 2.04. The van der Waals surface area contributed by atoms with Gasteiger partial charge in [-0.2, -0.15) is 0 Å². The van der Waals surface area contributed by atoms with Gasteiger partial charge in [0.25, 0.3) is 0 Å². The van der Waals surface area contributed by atoms with Gasteiger partial charge < -0.3 is 13.9 Å². The van der Waals surface area contributed by atoms with Crippen molar-refractivity contribution in [3.05, 3.63) is 64.5 Å².